The third-order valence-corrected chi connectivity index (χ3v) is 2.83. The first-order chi connectivity index (χ1) is 14.4. The van der Waals surface area contributed by atoms with Crippen LogP contribution in [0.3, 0.4) is 0 Å². The number of nitrogen functional groups attached to an aromatic ring is 1. The number of hydrogen-bond acceptors (Lipinski definition) is 2. The topological polar surface area (TPSA) is 39.2 Å². The van der Waals surface area contributed by atoms with Crippen LogP contribution in [-0.2, 0) is 0 Å². The SMILES string of the molecule is [2H]c1c([2H])c(N)c([2H])c(-c2c([2H])c([2H])c([2H])c3c2oc2c([2H])c([2H])c([2H])c([2H])c23)c1[2H]. The molecule has 0 radical (unpaired) electrons. The van der Waals surface area contributed by atoms with E-state index in [-0.39, 0.29) is 33.1 Å². The van der Waals surface area contributed by atoms with Crippen LogP contribution in [0.4, 0.5) is 5.69 Å². The second kappa shape index (κ2) is 4.14. The predicted octanol–water partition coefficient (Wildman–Crippen LogP) is 4.84. The zero-order valence-corrected chi connectivity index (χ0v) is 9.99. The Hall–Kier alpha value is -2.74. The lowest BCUT2D eigenvalue weighted by molar-refractivity contribution is 0.670. The van der Waals surface area contributed by atoms with Gasteiger partial charge in [-0.05, 0) is 23.7 Å². The van der Waals surface area contributed by atoms with Crippen LogP contribution < -0.4 is 5.73 Å². The summed E-state index contributed by atoms with van der Waals surface area (Å²) in [5.74, 6) is 0. The first kappa shape index (κ1) is 4.67. The number of benzene rings is 3. The molecule has 0 fully saturated rings. The van der Waals surface area contributed by atoms with Crippen LogP contribution >= 0.6 is 0 Å². The van der Waals surface area contributed by atoms with E-state index in [0.717, 1.165) is 0 Å². The number of hydrogen-bond donors (Lipinski definition) is 1. The summed E-state index contributed by atoms with van der Waals surface area (Å²) >= 11 is 0. The Kier molecular flexibility index (Phi) is 0.966. The van der Waals surface area contributed by atoms with Gasteiger partial charge in [0.2, 0.25) is 0 Å². The van der Waals surface area contributed by atoms with Gasteiger partial charge in [0, 0.05) is 22.0 Å². The van der Waals surface area contributed by atoms with Gasteiger partial charge in [0.15, 0.2) is 0 Å². The van der Waals surface area contributed by atoms with Crippen LogP contribution in [0.25, 0.3) is 33.1 Å². The van der Waals surface area contributed by atoms with Crippen LogP contribution in [0, 0.1) is 0 Å². The normalized spacial score (nSPS) is 18.9. The lowest BCUT2D eigenvalue weighted by Crippen LogP contribution is -1.85. The maximum atomic E-state index is 8.36. The second-order valence-electron chi connectivity index (χ2n) is 4.05. The van der Waals surface area contributed by atoms with Crippen molar-refractivity contribution in [3.8, 4) is 11.1 Å². The van der Waals surface area contributed by atoms with E-state index in [1.54, 1.807) is 0 Å². The zero-order valence-electron chi connectivity index (χ0n) is 21.0. The Balaban J connectivity index is 2.36. The molecule has 0 aliphatic heterocycles. The third kappa shape index (κ3) is 1.58. The zero-order chi connectivity index (χ0) is 23.1. The monoisotopic (exact) mass is 270 g/mol. The molecular formula is C18H13NO. The molecule has 2 nitrogen and oxygen atoms in total. The molecule has 0 spiro atoms. The van der Waals surface area contributed by atoms with Gasteiger partial charge in [-0.2, -0.15) is 0 Å². The van der Waals surface area contributed by atoms with Gasteiger partial charge in [-0.1, -0.05) is 48.3 Å². The van der Waals surface area contributed by atoms with Gasteiger partial charge in [0.25, 0.3) is 0 Å². The van der Waals surface area contributed by atoms with E-state index in [2.05, 4.69) is 0 Å². The standard InChI is InChI=1S/C18H13NO/c19-13-6-3-5-12(11-13)14-8-4-9-16-15-7-1-2-10-17(15)20-18(14)16/h1-11H,19H2/i1D,2D,3D,4D,5D,6D,7D,8D,9D,10D,11D. The Morgan fingerprint density at radius 3 is 2.60 bits per heavy atom. The number of para-hydroxylation sites is 2. The van der Waals surface area contributed by atoms with Crippen LogP contribution in [0.2, 0.25) is 0 Å². The van der Waals surface area contributed by atoms with Gasteiger partial charge in [-0.25, -0.2) is 0 Å². The van der Waals surface area contributed by atoms with Crippen molar-refractivity contribution in [2.45, 2.75) is 0 Å². The summed E-state index contributed by atoms with van der Waals surface area (Å²) in [7, 11) is 0. The molecule has 1 aromatic heterocycles. The van der Waals surface area contributed by atoms with Crippen molar-refractivity contribution in [3.05, 3.63) is 66.5 Å². The highest BCUT2D eigenvalue weighted by Gasteiger charge is 2.11. The van der Waals surface area contributed by atoms with Crippen LogP contribution in [0.5, 0.6) is 0 Å². The van der Waals surface area contributed by atoms with Gasteiger partial charge in [0.1, 0.15) is 11.2 Å². The van der Waals surface area contributed by atoms with Gasteiger partial charge < -0.3 is 10.2 Å². The van der Waals surface area contributed by atoms with Gasteiger partial charge >= 0.3 is 0 Å². The van der Waals surface area contributed by atoms with E-state index in [1.807, 2.05) is 0 Å². The van der Waals surface area contributed by atoms with E-state index < -0.39 is 72.2 Å². The summed E-state index contributed by atoms with van der Waals surface area (Å²) in [6, 6.07) is -6.13. The maximum Gasteiger partial charge on any atom is 0.143 e. The molecule has 4 rings (SSSR count). The molecule has 2 N–H and O–H groups in total. The summed E-state index contributed by atoms with van der Waals surface area (Å²) in [6.45, 7) is 0. The number of anilines is 1. The maximum absolute atomic E-state index is 8.36. The molecule has 0 atom stereocenters. The van der Waals surface area contributed by atoms with Crippen LogP contribution in [0.1, 0.15) is 15.1 Å². The molecule has 0 saturated heterocycles. The Morgan fingerprint density at radius 1 is 0.850 bits per heavy atom. The Bertz CT molecular complexity index is 1430. The fourth-order valence-corrected chi connectivity index (χ4v) is 1.99. The first-order valence-corrected chi connectivity index (χ1v) is 5.70. The summed E-state index contributed by atoms with van der Waals surface area (Å²) in [6.07, 6.45) is 0. The van der Waals surface area contributed by atoms with Gasteiger partial charge in [0.05, 0.1) is 15.1 Å². The molecular weight excluding hydrogens is 246 g/mol. The third-order valence-electron chi connectivity index (χ3n) is 2.83. The number of rotatable bonds is 1. The lowest BCUT2D eigenvalue weighted by Gasteiger charge is -2.03. The van der Waals surface area contributed by atoms with Crippen molar-refractivity contribution in [2.24, 2.45) is 0 Å². The lowest BCUT2D eigenvalue weighted by atomic mass is 10.0. The minimum Gasteiger partial charge on any atom is -0.455 e. The highest BCUT2D eigenvalue weighted by Crippen LogP contribution is 2.35. The molecule has 0 amide bonds. The van der Waals surface area contributed by atoms with Crippen molar-refractivity contribution in [3.63, 3.8) is 0 Å². The molecule has 4 aromatic rings. The van der Waals surface area contributed by atoms with Crippen molar-refractivity contribution in [1.29, 1.82) is 0 Å². The summed E-state index contributed by atoms with van der Waals surface area (Å²) in [4.78, 5) is 0. The molecule has 0 bridgehead atoms. The number of furan rings is 1. The average Bonchev–Trinajstić information content (AvgIpc) is 3.14. The molecule has 3 aromatic carbocycles. The molecule has 0 unspecified atom stereocenters. The minimum absolute atomic E-state index is 0.157. The fourth-order valence-electron chi connectivity index (χ4n) is 1.99. The molecule has 2 heteroatoms. The van der Waals surface area contributed by atoms with Crippen molar-refractivity contribution in [1.82, 2.24) is 0 Å². The quantitative estimate of drug-likeness (QED) is 0.503. The molecule has 0 aliphatic rings. The minimum atomic E-state index is -0.614. The smallest absolute Gasteiger partial charge is 0.143 e. The average molecular weight is 270 g/mol. The van der Waals surface area contributed by atoms with E-state index in [0.29, 0.717) is 0 Å². The van der Waals surface area contributed by atoms with E-state index in [9.17, 15) is 0 Å². The number of fused-ring (bicyclic) bond motifs is 3. The van der Waals surface area contributed by atoms with Crippen molar-refractivity contribution in [2.75, 3.05) is 5.73 Å². The fraction of sp³-hybridized carbons (Fsp3) is 0. The van der Waals surface area contributed by atoms with Crippen LogP contribution in [0.15, 0.2) is 70.9 Å². The van der Waals surface area contributed by atoms with Gasteiger partial charge in [-0.15, -0.1) is 0 Å². The second-order valence-corrected chi connectivity index (χ2v) is 4.05. The highest BCUT2D eigenvalue weighted by molar-refractivity contribution is 6.09. The molecule has 0 saturated carbocycles. The molecule has 20 heavy (non-hydrogen) atoms. The van der Waals surface area contributed by atoms with Crippen LogP contribution in [-0.4, -0.2) is 0 Å². The van der Waals surface area contributed by atoms with E-state index in [1.165, 1.54) is 0 Å². The highest BCUT2D eigenvalue weighted by atomic mass is 16.3. The Morgan fingerprint density at radius 2 is 1.65 bits per heavy atom. The van der Waals surface area contributed by atoms with Gasteiger partial charge in [-0.3, -0.25) is 0 Å². The summed E-state index contributed by atoms with van der Waals surface area (Å²) in [5, 5.41) is -0.327. The molecule has 1 heterocycles. The molecule has 96 valence electrons. The summed E-state index contributed by atoms with van der Waals surface area (Å²) < 4.78 is 94.9. The Labute approximate surface area is 131 Å². The number of nitrogens with two attached hydrogens (primary N) is 1. The first-order valence-electron chi connectivity index (χ1n) is 11.2. The largest absolute Gasteiger partial charge is 0.455 e. The predicted molar refractivity (Wildman–Crippen MR) is 83.6 cm³/mol. The summed E-state index contributed by atoms with van der Waals surface area (Å²) in [5.41, 5.74) is 4.10. The van der Waals surface area contributed by atoms with E-state index >= 15 is 0 Å². The molecule has 0 aliphatic carbocycles. The van der Waals surface area contributed by atoms with E-state index in [4.69, 9.17) is 25.2 Å². The van der Waals surface area contributed by atoms with Crippen molar-refractivity contribution < 1.29 is 19.5 Å². The van der Waals surface area contributed by atoms with Crippen molar-refractivity contribution >= 4 is 27.6 Å².